The van der Waals surface area contributed by atoms with E-state index in [0.29, 0.717) is 11.1 Å². The van der Waals surface area contributed by atoms with Gasteiger partial charge in [-0.1, -0.05) is 60.7 Å². The van der Waals surface area contributed by atoms with Gasteiger partial charge in [0, 0.05) is 28.7 Å². The minimum Gasteiger partial charge on any atom is -0.343 e. The Labute approximate surface area is 194 Å². The van der Waals surface area contributed by atoms with Crippen molar-refractivity contribution >= 4 is 62.1 Å². The fraction of sp³-hybridized carbons (Fsp3) is 0.0345. The molecule has 0 spiro atoms. The lowest BCUT2D eigenvalue weighted by molar-refractivity contribution is 0.0990. The highest BCUT2D eigenvalue weighted by atomic mass is 32.1. The smallest absolute Gasteiger partial charge is 0.197 e. The number of hydrogen-bond acceptors (Lipinski definition) is 3. The summed E-state index contributed by atoms with van der Waals surface area (Å²) in [5.41, 5.74) is 4.58. The maximum absolute atomic E-state index is 13.1. The lowest BCUT2D eigenvalue weighted by Crippen LogP contribution is -1.99. The number of thiophene rings is 1. The minimum atomic E-state index is -0.190. The molecule has 4 heteroatoms. The number of benzene rings is 3. The third kappa shape index (κ3) is 3.27. The van der Waals surface area contributed by atoms with Crippen molar-refractivity contribution in [3.8, 4) is 0 Å². The maximum atomic E-state index is 13.1. The second-order valence-electron chi connectivity index (χ2n) is 8.23. The number of fused-ring (bicyclic) bond motifs is 3. The summed E-state index contributed by atoms with van der Waals surface area (Å²) in [7, 11) is 2.03. The van der Waals surface area contributed by atoms with Crippen LogP contribution in [0.5, 0.6) is 0 Å². The van der Waals surface area contributed by atoms with Gasteiger partial charge in [-0.25, -0.2) is 0 Å². The SMILES string of the molecule is Cn1c(/C=C/c2ccccc2)cc2sc(C=C3C(=O)c4cc5ccccc5cc4C3=O)cc21. The third-order valence-electron chi connectivity index (χ3n) is 6.18. The summed E-state index contributed by atoms with van der Waals surface area (Å²) in [6.45, 7) is 0. The van der Waals surface area contributed by atoms with Crippen LogP contribution in [0, 0.1) is 0 Å². The molecule has 2 aromatic heterocycles. The monoisotopic (exact) mass is 445 g/mol. The normalized spacial score (nSPS) is 13.5. The van der Waals surface area contributed by atoms with E-state index in [1.54, 1.807) is 17.4 Å². The van der Waals surface area contributed by atoms with Gasteiger partial charge >= 0.3 is 0 Å². The third-order valence-corrected chi connectivity index (χ3v) is 7.20. The van der Waals surface area contributed by atoms with Crippen LogP contribution in [0.4, 0.5) is 0 Å². The fourth-order valence-electron chi connectivity index (χ4n) is 4.41. The molecule has 0 N–H and O–H groups in total. The van der Waals surface area contributed by atoms with Gasteiger partial charge in [-0.3, -0.25) is 9.59 Å². The zero-order valence-corrected chi connectivity index (χ0v) is 18.7. The molecule has 2 heterocycles. The molecule has 5 aromatic rings. The number of carbonyl (C=O) groups is 2. The van der Waals surface area contributed by atoms with E-state index < -0.39 is 0 Å². The Bertz CT molecular complexity index is 1590. The van der Waals surface area contributed by atoms with Crippen LogP contribution in [0.25, 0.3) is 39.2 Å². The van der Waals surface area contributed by atoms with Crippen molar-refractivity contribution < 1.29 is 9.59 Å². The van der Waals surface area contributed by atoms with Gasteiger partial charge in [0.25, 0.3) is 0 Å². The van der Waals surface area contributed by atoms with Crippen molar-refractivity contribution in [3.63, 3.8) is 0 Å². The van der Waals surface area contributed by atoms with Crippen LogP contribution < -0.4 is 0 Å². The van der Waals surface area contributed by atoms with E-state index in [1.807, 2.05) is 67.7 Å². The zero-order chi connectivity index (χ0) is 22.5. The molecular weight excluding hydrogens is 426 g/mol. The average molecular weight is 446 g/mol. The topological polar surface area (TPSA) is 39.1 Å². The minimum absolute atomic E-state index is 0.190. The van der Waals surface area contributed by atoms with E-state index in [2.05, 4.69) is 34.9 Å². The van der Waals surface area contributed by atoms with Crippen LogP contribution in [0.1, 0.15) is 36.9 Å². The zero-order valence-electron chi connectivity index (χ0n) is 17.9. The van der Waals surface area contributed by atoms with Crippen LogP contribution in [-0.2, 0) is 7.05 Å². The standard InChI is InChI=1S/C29H19NO2S/c1-30-21(12-11-18-7-3-2-4-8-18)15-27-26(30)17-22(33-27)16-25-28(31)23-13-19-9-5-6-10-20(19)14-24(23)29(25)32/h2-17H,1H3/b12-11+. The van der Waals surface area contributed by atoms with E-state index in [1.165, 1.54) is 0 Å². The van der Waals surface area contributed by atoms with Crippen LogP contribution >= 0.6 is 11.3 Å². The molecule has 0 bridgehead atoms. The molecule has 33 heavy (non-hydrogen) atoms. The molecule has 0 saturated heterocycles. The molecule has 158 valence electrons. The molecular formula is C29H19NO2S. The van der Waals surface area contributed by atoms with E-state index in [9.17, 15) is 9.59 Å². The van der Waals surface area contributed by atoms with Crippen LogP contribution in [0.15, 0.2) is 84.4 Å². The number of ketones is 2. The molecule has 0 unspecified atom stereocenters. The van der Waals surface area contributed by atoms with Crippen molar-refractivity contribution in [1.82, 2.24) is 4.57 Å². The highest BCUT2D eigenvalue weighted by molar-refractivity contribution is 7.19. The van der Waals surface area contributed by atoms with E-state index in [4.69, 9.17) is 0 Å². The Morgan fingerprint density at radius 1 is 0.758 bits per heavy atom. The van der Waals surface area contributed by atoms with Gasteiger partial charge in [-0.15, -0.1) is 11.3 Å². The summed E-state index contributed by atoms with van der Waals surface area (Å²) >= 11 is 1.59. The van der Waals surface area contributed by atoms with Crippen LogP contribution in [-0.4, -0.2) is 16.1 Å². The van der Waals surface area contributed by atoms with E-state index in [0.717, 1.165) is 37.1 Å². The Balaban J connectivity index is 1.35. The average Bonchev–Trinajstić information content (AvgIpc) is 3.44. The van der Waals surface area contributed by atoms with E-state index >= 15 is 0 Å². The summed E-state index contributed by atoms with van der Waals surface area (Å²) in [4.78, 5) is 27.0. The van der Waals surface area contributed by atoms with Crippen molar-refractivity contribution in [2.75, 3.05) is 0 Å². The number of hydrogen-bond donors (Lipinski definition) is 0. The highest BCUT2D eigenvalue weighted by Gasteiger charge is 2.33. The second kappa shape index (κ2) is 7.54. The number of rotatable bonds is 3. The Hall–Kier alpha value is -4.02. The molecule has 3 nitrogen and oxygen atoms in total. The predicted molar refractivity (Wildman–Crippen MR) is 137 cm³/mol. The summed E-state index contributed by atoms with van der Waals surface area (Å²) in [5, 5.41) is 1.94. The molecule has 0 atom stereocenters. The largest absolute Gasteiger partial charge is 0.343 e. The number of Topliss-reactive ketones (excluding diaryl/α,β-unsaturated/α-hetero) is 2. The fourth-order valence-corrected chi connectivity index (χ4v) is 5.49. The number of allylic oxidation sites excluding steroid dienone is 1. The molecule has 6 rings (SSSR count). The second-order valence-corrected chi connectivity index (χ2v) is 9.35. The molecule has 0 fully saturated rings. The number of aryl methyl sites for hydroxylation is 1. The molecule has 1 aliphatic carbocycles. The predicted octanol–water partition coefficient (Wildman–Crippen LogP) is 7.03. The summed E-state index contributed by atoms with van der Waals surface area (Å²) < 4.78 is 3.26. The van der Waals surface area contributed by atoms with Gasteiger partial charge in [-0.05, 0) is 52.8 Å². The lowest BCUT2D eigenvalue weighted by atomic mass is 10.0. The van der Waals surface area contributed by atoms with Gasteiger partial charge in [0.2, 0.25) is 0 Å². The Morgan fingerprint density at radius 3 is 2.03 bits per heavy atom. The van der Waals surface area contributed by atoms with Gasteiger partial charge in [0.05, 0.1) is 15.8 Å². The molecule has 0 radical (unpaired) electrons. The number of aromatic nitrogens is 1. The van der Waals surface area contributed by atoms with Gasteiger partial charge in [-0.2, -0.15) is 0 Å². The summed E-state index contributed by atoms with van der Waals surface area (Å²) in [5.74, 6) is -0.380. The quantitative estimate of drug-likeness (QED) is 0.221. The molecule has 0 aliphatic heterocycles. The van der Waals surface area contributed by atoms with Crippen molar-refractivity contribution in [3.05, 3.63) is 112 Å². The summed E-state index contributed by atoms with van der Waals surface area (Å²) in [6, 6.07) is 25.9. The Kier molecular flexibility index (Phi) is 4.49. The van der Waals surface area contributed by atoms with Crippen LogP contribution in [0.2, 0.25) is 0 Å². The first-order valence-electron chi connectivity index (χ1n) is 10.7. The first kappa shape index (κ1) is 19.6. The van der Waals surface area contributed by atoms with Gasteiger partial charge < -0.3 is 4.57 Å². The van der Waals surface area contributed by atoms with Crippen molar-refractivity contribution in [2.24, 2.45) is 7.05 Å². The molecule has 1 aliphatic rings. The molecule has 3 aromatic carbocycles. The van der Waals surface area contributed by atoms with Crippen LogP contribution in [0.3, 0.4) is 0 Å². The Morgan fingerprint density at radius 2 is 1.39 bits per heavy atom. The van der Waals surface area contributed by atoms with Crippen molar-refractivity contribution in [2.45, 2.75) is 0 Å². The number of nitrogens with zero attached hydrogens (tertiary/aromatic N) is 1. The first-order chi connectivity index (χ1) is 16.1. The lowest BCUT2D eigenvalue weighted by Gasteiger charge is -2.00. The van der Waals surface area contributed by atoms with E-state index in [-0.39, 0.29) is 17.1 Å². The highest BCUT2D eigenvalue weighted by Crippen LogP contribution is 2.35. The van der Waals surface area contributed by atoms with Crippen molar-refractivity contribution in [1.29, 1.82) is 0 Å². The molecule has 0 amide bonds. The van der Waals surface area contributed by atoms with Gasteiger partial charge in [0.15, 0.2) is 11.6 Å². The number of carbonyl (C=O) groups excluding carboxylic acids is 2. The first-order valence-corrected chi connectivity index (χ1v) is 11.6. The maximum Gasteiger partial charge on any atom is 0.197 e. The molecule has 0 saturated carbocycles. The van der Waals surface area contributed by atoms with Gasteiger partial charge in [0.1, 0.15) is 0 Å². The summed E-state index contributed by atoms with van der Waals surface area (Å²) in [6.07, 6.45) is 5.95.